The number of nitrogens with two attached hydrogens (primary N) is 1. The van der Waals surface area contributed by atoms with Gasteiger partial charge in [0.2, 0.25) is 0 Å². The van der Waals surface area contributed by atoms with E-state index in [0.29, 0.717) is 6.54 Å². The first kappa shape index (κ1) is 15.6. The Morgan fingerprint density at radius 2 is 1.33 bits per heavy atom. The second-order valence-electron chi connectivity index (χ2n) is 4.94. The molecule has 0 heterocycles. The monoisotopic (exact) mass is 290 g/mol. The van der Waals surface area contributed by atoms with Crippen LogP contribution in [0, 0.1) is 0 Å². The Morgan fingerprint density at radius 3 is 1.71 bits per heavy atom. The van der Waals surface area contributed by atoms with Gasteiger partial charge in [0, 0.05) is 18.5 Å². The van der Waals surface area contributed by atoms with Gasteiger partial charge in [0.25, 0.3) is 6.43 Å². The zero-order chi connectivity index (χ0) is 15.1. The summed E-state index contributed by atoms with van der Waals surface area (Å²) in [6.45, 7) is -0.0563. The fourth-order valence-corrected chi connectivity index (χ4v) is 2.56. The number of hydrogen-bond donors (Lipinski definition) is 2. The smallest absolute Gasteiger partial charge is 0.250 e. The molecule has 0 amide bonds. The third-order valence-corrected chi connectivity index (χ3v) is 3.51. The molecule has 1 unspecified atom stereocenters. The average molecular weight is 290 g/mol. The quantitative estimate of drug-likeness (QED) is 0.822. The van der Waals surface area contributed by atoms with E-state index in [2.05, 4.69) is 5.32 Å². The van der Waals surface area contributed by atoms with Crippen molar-refractivity contribution in [3.8, 4) is 0 Å². The van der Waals surface area contributed by atoms with Gasteiger partial charge in [0.1, 0.15) is 0 Å². The van der Waals surface area contributed by atoms with Crippen LogP contribution in [0.25, 0.3) is 0 Å². The summed E-state index contributed by atoms with van der Waals surface area (Å²) in [6, 6.07) is 19.5. The summed E-state index contributed by atoms with van der Waals surface area (Å²) in [5.41, 5.74) is 7.97. The second-order valence-corrected chi connectivity index (χ2v) is 4.94. The first-order valence-corrected chi connectivity index (χ1v) is 7.04. The van der Waals surface area contributed by atoms with E-state index in [9.17, 15) is 8.78 Å². The van der Waals surface area contributed by atoms with E-state index in [-0.39, 0.29) is 18.5 Å². The van der Waals surface area contributed by atoms with Crippen LogP contribution in [0.2, 0.25) is 0 Å². The summed E-state index contributed by atoms with van der Waals surface area (Å²) < 4.78 is 25.0. The van der Waals surface area contributed by atoms with Crippen molar-refractivity contribution < 1.29 is 8.78 Å². The summed E-state index contributed by atoms with van der Waals surface area (Å²) in [5, 5.41) is 2.89. The number of halogens is 2. The molecule has 2 aromatic rings. The SMILES string of the molecule is NCC(NCC(F)F)C(c1ccccc1)c1ccccc1. The molecule has 0 aliphatic heterocycles. The molecule has 21 heavy (non-hydrogen) atoms. The molecule has 0 fully saturated rings. The normalized spacial score (nSPS) is 12.8. The molecule has 3 N–H and O–H groups in total. The molecule has 0 aromatic heterocycles. The molecule has 4 heteroatoms. The third kappa shape index (κ3) is 4.34. The van der Waals surface area contributed by atoms with Gasteiger partial charge in [-0.3, -0.25) is 0 Å². The zero-order valence-corrected chi connectivity index (χ0v) is 11.8. The minimum absolute atomic E-state index is 0.0452. The number of alkyl halides is 2. The summed E-state index contributed by atoms with van der Waals surface area (Å²) in [6.07, 6.45) is -2.38. The topological polar surface area (TPSA) is 38.0 Å². The largest absolute Gasteiger partial charge is 0.329 e. The van der Waals surface area contributed by atoms with Crippen LogP contribution >= 0.6 is 0 Å². The minimum atomic E-state index is -2.38. The van der Waals surface area contributed by atoms with Gasteiger partial charge in [-0.2, -0.15) is 0 Å². The molecule has 0 aliphatic rings. The van der Waals surface area contributed by atoms with Crippen LogP contribution in [-0.2, 0) is 0 Å². The Bertz CT molecular complexity index is 477. The molecule has 0 bridgehead atoms. The molecule has 0 aliphatic carbocycles. The van der Waals surface area contributed by atoms with Crippen LogP contribution < -0.4 is 11.1 Å². The molecular weight excluding hydrogens is 270 g/mol. The highest BCUT2D eigenvalue weighted by Crippen LogP contribution is 2.27. The number of hydrogen-bond acceptors (Lipinski definition) is 2. The minimum Gasteiger partial charge on any atom is -0.329 e. The van der Waals surface area contributed by atoms with Crippen molar-refractivity contribution >= 4 is 0 Å². The lowest BCUT2D eigenvalue weighted by atomic mass is 9.85. The van der Waals surface area contributed by atoms with Gasteiger partial charge >= 0.3 is 0 Å². The molecule has 2 rings (SSSR count). The van der Waals surface area contributed by atoms with E-state index in [1.54, 1.807) is 0 Å². The first-order chi connectivity index (χ1) is 10.2. The predicted molar refractivity (Wildman–Crippen MR) is 81.6 cm³/mol. The summed E-state index contributed by atoms with van der Waals surface area (Å²) >= 11 is 0. The number of benzene rings is 2. The van der Waals surface area contributed by atoms with Gasteiger partial charge in [-0.25, -0.2) is 8.78 Å². The summed E-state index contributed by atoms with van der Waals surface area (Å²) in [4.78, 5) is 0. The zero-order valence-electron chi connectivity index (χ0n) is 11.8. The number of nitrogens with one attached hydrogen (secondary N) is 1. The molecule has 0 spiro atoms. The first-order valence-electron chi connectivity index (χ1n) is 7.04. The molecule has 0 radical (unpaired) electrons. The van der Waals surface area contributed by atoms with Gasteiger partial charge < -0.3 is 11.1 Å². The van der Waals surface area contributed by atoms with Crippen molar-refractivity contribution in [2.45, 2.75) is 18.4 Å². The Kier molecular flexibility index (Phi) is 5.84. The number of rotatable bonds is 7. The molecule has 2 nitrogen and oxygen atoms in total. The Morgan fingerprint density at radius 1 is 0.857 bits per heavy atom. The van der Waals surface area contributed by atoms with Crippen LogP contribution in [-0.4, -0.2) is 25.6 Å². The maximum Gasteiger partial charge on any atom is 0.250 e. The standard InChI is InChI=1S/C17H20F2N2/c18-16(19)12-21-15(11-20)17(13-7-3-1-4-8-13)14-9-5-2-6-10-14/h1-10,15-17,21H,11-12,20H2. The fourth-order valence-electron chi connectivity index (χ4n) is 2.56. The van der Waals surface area contributed by atoms with E-state index >= 15 is 0 Å². The lowest BCUT2D eigenvalue weighted by molar-refractivity contribution is 0.140. The van der Waals surface area contributed by atoms with Gasteiger partial charge in [-0.05, 0) is 11.1 Å². The molecule has 2 aromatic carbocycles. The van der Waals surface area contributed by atoms with Crippen LogP contribution in [0.5, 0.6) is 0 Å². The van der Waals surface area contributed by atoms with Crippen LogP contribution in [0.15, 0.2) is 60.7 Å². The highest BCUT2D eigenvalue weighted by molar-refractivity contribution is 5.34. The summed E-state index contributed by atoms with van der Waals surface area (Å²) in [7, 11) is 0. The van der Waals surface area contributed by atoms with Gasteiger partial charge in [-0.15, -0.1) is 0 Å². The molecule has 112 valence electrons. The van der Waals surface area contributed by atoms with Gasteiger partial charge in [-0.1, -0.05) is 60.7 Å². The van der Waals surface area contributed by atoms with E-state index in [4.69, 9.17) is 5.73 Å². The predicted octanol–water partition coefficient (Wildman–Crippen LogP) is 3.00. The van der Waals surface area contributed by atoms with E-state index < -0.39 is 6.43 Å². The van der Waals surface area contributed by atoms with Crippen molar-refractivity contribution in [3.63, 3.8) is 0 Å². The Labute approximate surface area is 124 Å². The highest BCUT2D eigenvalue weighted by Gasteiger charge is 2.24. The third-order valence-electron chi connectivity index (χ3n) is 3.51. The second kappa shape index (κ2) is 7.86. The van der Waals surface area contributed by atoms with Crippen molar-refractivity contribution in [2.24, 2.45) is 5.73 Å². The summed E-state index contributed by atoms with van der Waals surface area (Å²) in [5.74, 6) is -0.0452. The van der Waals surface area contributed by atoms with Crippen molar-refractivity contribution in [2.75, 3.05) is 13.1 Å². The van der Waals surface area contributed by atoms with Gasteiger partial charge in [0.15, 0.2) is 0 Å². The van der Waals surface area contributed by atoms with Crippen molar-refractivity contribution in [1.82, 2.24) is 5.32 Å². The van der Waals surface area contributed by atoms with E-state index in [1.807, 2.05) is 60.7 Å². The van der Waals surface area contributed by atoms with Crippen molar-refractivity contribution in [1.29, 1.82) is 0 Å². The Hall–Kier alpha value is -1.78. The maximum atomic E-state index is 12.5. The van der Waals surface area contributed by atoms with Crippen LogP contribution in [0.1, 0.15) is 17.0 Å². The fraction of sp³-hybridized carbons (Fsp3) is 0.294. The molecule has 0 saturated carbocycles. The molecule has 0 saturated heterocycles. The highest BCUT2D eigenvalue weighted by atomic mass is 19.3. The van der Waals surface area contributed by atoms with Gasteiger partial charge in [0.05, 0.1) is 6.54 Å². The Balaban J connectivity index is 2.31. The lowest BCUT2D eigenvalue weighted by Gasteiger charge is -2.28. The van der Waals surface area contributed by atoms with E-state index in [0.717, 1.165) is 11.1 Å². The molecule has 1 atom stereocenters. The average Bonchev–Trinajstić information content (AvgIpc) is 2.53. The van der Waals surface area contributed by atoms with E-state index in [1.165, 1.54) is 0 Å². The van der Waals surface area contributed by atoms with Crippen molar-refractivity contribution in [3.05, 3.63) is 71.8 Å². The lowest BCUT2D eigenvalue weighted by Crippen LogP contribution is -2.43. The van der Waals surface area contributed by atoms with Crippen LogP contribution in [0.3, 0.4) is 0 Å². The molecular formula is C17H20F2N2. The maximum absolute atomic E-state index is 12.5. The van der Waals surface area contributed by atoms with Crippen LogP contribution in [0.4, 0.5) is 8.78 Å².